The lowest BCUT2D eigenvalue weighted by Gasteiger charge is -2.14. The molecule has 0 saturated carbocycles. The molecule has 0 N–H and O–H groups in total. The van der Waals surface area contributed by atoms with Crippen molar-refractivity contribution in [3.63, 3.8) is 0 Å². The minimum atomic E-state index is -0.497. The number of nitriles is 1. The third-order valence-electron chi connectivity index (χ3n) is 4.38. The fraction of sp³-hybridized carbons (Fsp3) is 0.0870. The number of allylic oxidation sites excluding steroid dienone is 1. The summed E-state index contributed by atoms with van der Waals surface area (Å²) in [6.45, 7) is 0.251. The highest BCUT2D eigenvalue weighted by Gasteiger charge is 2.14. The van der Waals surface area contributed by atoms with Gasteiger partial charge in [-0.2, -0.15) is 5.26 Å². The molecule has 0 atom stereocenters. The molecular weight excluding hydrogens is 484 g/mol. The molecule has 0 radical (unpaired) electrons. The lowest BCUT2D eigenvalue weighted by Crippen LogP contribution is -1.99. The van der Waals surface area contributed by atoms with Gasteiger partial charge in [-0.15, -0.1) is 0 Å². The van der Waals surface area contributed by atoms with Gasteiger partial charge >= 0.3 is 0 Å². The highest BCUT2D eigenvalue weighted by atomic mass is 79.9. The van der Waals surface area contributed by atoms with Crippen LogP contribution in [0.25, 0.3) is 11.6 Å². The maximum Gasteiger partial charge on any atom is 0.270 e. The number of nitro groups is 1. The molecule has 0 amide bonds. The number of ether oxygens (including phenoxy) is 2. The smallest absolute Gasteiger partial charge is 0.270 e. The molecule has 0 spiro atoms. The van der Waals surface area contributed by atoms with Crippen molar-refractivity contribution in [1.29, 1.82) is 5.26 Å². The molecule has 0 unspecified atom stereocenters. The predicted molar refractivity (Wildman–Crippen MR) is 123 cm³/mol. The van der Waals surface area contributed by atoms with Crippen LogP contribution in [0.4, 0.5) is 5.69 Å². The summed E-state index contributed by atoms with van der Waals surface area (Å²) >= 11 is 9.68. The van der Waals surface area contributed by atoms with Crippen LogP contribution in [-0.2, 0) is 6.61 Å². The lowest BCUT2D eigenvalue weighted by molar-refractivity contribution is -0.384. The summed E-state index contributed by atoms with van der Waals surface area (Å²) in [5, 5.41) is 21.2. The molecule has 156 valence electrons. The van der Waals surface area contributed by atoms with E-state index in [1.54, 1.807) is 36.4 Å². The first-order valence-electron chi connectivity index (χ1n) is 9.03. The Morgan fingerprint density at radius 1 is 1.23 bits per heavy atom. The van der Waals surface area contributed by atoms with Crippen molar-refractivity contribution in [2.45, 2.75) is 6.61 Å². The molecule has 0 aliphatic carbocycles. The van der Waals surface area contributed by atoms with Gasteiger partial charge in [0.15, 0.2) is 11.5 Å². The van der Waals surface area contributed by atoms with Gasteiger partial charge in [-0.3, -0.25) is 10.1 Å². The van der Waals surface area contributed by atoms with Crippen molar-refractivity contribution in [3.05, 3.63) is 97.0 Å². The normalized spacial score (nSPS) is 11.0. The zero-order valence-corrected chi connectivity index (χ0v) is 18.7. The van der Waals surface area contributed by atoms with E-state index < -0.39 is 4.92 Å². The van der Waals surface area contributed by atoms with Crippen LogP contribution in [0, 0.1) is 21.4 Å². The van der Waals surface area contributed by atoms with Crippen LogP contribution in [0.3, 0.4) is 0 Å². The summed E-state index contributed by atoms with van der Waals surface area (Å²) in [5.74, 6) is 0.956. The number of benzene rings is 3. The summed E-state index contributed by atoms with van der Waals surface area (Å²) in [5.41, 5.74) is 2.14. The Labute approximate surface area is 192 Å². The molecule has 3 aromatic carbocycles. The van der Waals surface area contributed by atoms with Crippen LogP contribution in [-0.4, -0.2) is 12.0 Å². The lowest BCUT2D eigenvalue weighted by atomic mass is 10.0. The number of non-ortho nitro benzene ring substituents is 1. The Hall–Kier alpha value is -3.34. The van der Waals surface area contributed by atoms with E-state index in [1.807, 2.05) is 18.2 Å². The molecule has 6 nitrogen and oxygen atoms in total. The van der Waals surface area contributed by atoms with Crippen LogP contribution in [0.15, 0.2) is 65.1 Å². The average Bonchev–Trinajstić information content (AvgIpc) is 2.77. The minimum absolute atomic E-state index is 0.0827. The fourth-order valence-corrected chi connectivity index (χ4v) is 3.63. The monoisotopic (exact) mass is 498 g/mol. The topological polar surface area (TPSA) is 85.4 Å². The Kier molecular flexibility index (Phi) is 7.29. The van der Waals surface area contributed by atoms with E-state index in [0.29, 0.717) is 32.1 Å². The van der Waals surface area contributed by atoms with Crippen LogP contribution in [0.5, 0.6) is 11.5 Å². The maximum atomic E-state index is 11.0. The van der Waals surface area contributed by atoms with E-state index in [1.165, 1.54) is 19.2 Å². The minimum Gasteiger partial charge on any atom is -0.493 e. The zero-order chi connectivity index (χ0) is 22.4. The number of hydrogen-bond donors (Lipinski definition) is 0. The molecule has 0 aliphatic heterocycles. The summed E-state index contributed by atoms with van der Waals surface area (Å²) < 4.78 is 12.0. The van der Waals surface area contributed by atoms with Gasteiger partial charge in [-0.05, 0) is 51.3 Å². The summed E-state index contributed by atoms with van der Waals surface area (Å²) in [6.07, 6.45) is 1.63. The largest absolute Gasteiger partial charge is 0.493 e. The number of hydrogen-bond acceptors (Lipinski definition) is 5. The van der Waals surface area contributed by atoms with Crippen molar-refractivity contribution in [3.8, 4) is 17.6 Å². The van der Waals surface area contributed by atoms with Crippen LogP contribution >= 0.6 is 27.5 Å². The van der Waals surface area contributed by atoms with Gasteiger partial charge in [0.05, 0.1) is 28.1 Å². The molecule has 3 rings (SSSR count). The van der Waals surface area contributed by atoms with E-state index in [-0.39, 0.29) is 17.9 Å². The fourth-order valence-electron chi connectivity index (χ4n) is 2.86. The number of nitro benzene ring substituents is 1. The van der Waals surface area contributed by atoms with Gasteiger partial charge < -0.3 is 9.47 Å². The van der Waals surface area contributed by atoms with Gasteiger partial charge in [0.1, 0.15) is 6.61 Å². The first kappa shape index (κ1) is 22.3. The number of methoxy groups -OCH3 is 1. The first-order chi connectivity index (χ1) is 14.9. The van der Waals surface area contributed by atoms with Crippen molar-refractivity contribution in [2.24, 2.45) is 0 Å². The van der Waals surface area contributed by atoms with Gasteiger partial charge in [0.25, 0.3) is 5.69 Å². The molecule has 3 aromatic rings. The third kappa shape index (κ3) is 5.43. The van der Waals surface area contributed by atoms with Gasteiger partial charge in [-0.25, -0.2) is 0 Å². The highest BCUT2D eigenvalue weighted by Crippen LogP contribution is 2.38. The van der Waals surface area contributed by atoms with Gasteiger partial charge in [0.2, 0.25) is 0 Å². The number of nitrogens with zero attached hydrogens (tertiary/aromatic N) is 2. The molecule has 0 aliphatic rings. The zero-order valence-electron chi connectivity index (χ0n) is 16.3. The molecular formula is C23H16BrClN2O4. The molecule has 31 heavy (non-hydrogen) atoms. The second-order valence-corrected chi connectivity index (χ2v) is 7.65. The molecule has 0 saturated heterocycles. The van der Waals surface area contributed by atoms with Crippen molar-refractivity contribution in [2.75, 3.05) is 7.11 Å². The Balaban J connectivity index is 1.93. The van der Waals surface area contributed by atoms with Gasteiger partial charge in [-0.1, -0.05) is 41.9 Å². The van der Waals surface area contributed by atoms with E-state index in [9.17, 15) is 15.4 Å². The van der Waals surface area contributed by atoms with Crippen LogP contribution in [0.1, 0.15) is 16.7 Å². The van der Waals surface area contributed by atoms with E-state index in [4.69, 9.17) is 21.1 Å². The highest BCUT2D eigenvalue weighted by molar-refractivity contribution is 9.10. The Bertz CT molecular complexity index is 1200. The van der Waals surface area contributed by atoms with Gasteiger partial charge in [0, 0.05) is 22.7 Å². The molecule has 0 aromatic heterocycles. The average molecular weight is 500 g/mol. The van der Waals surface area contributed by atoms with E-state index >= 15 is 0 Å². The molecule has 8 heteroatoms. The first-order valence-corrected chi connectivity index (χ1v) is 10.2. The predicted octanol–water partition coefficient (Wildman–Crippen LogP) is 6.66. The standard InChI is InChI=1S/C23H16BrClN2O4/c1-30-22-11-15(9-18(13-26)16-6-4-7-19(12-16)27(28)29)10-20(24)23(22)31-14-17-5-2-3-8-21(17)25/h2-12H,14H2,1H3/b18-9+. The second kappa shape index (κ2) is 10.1. The number of halogens is 2. The van der Waals surface area contributed by atoms with E-state index in [2.05, 4.69) is 22.0 Å². The molecule has 0 heterocycles. The molecule has 0 bridgehead atoms. The summed E-state index contributed by atoms with van der Waals surface area (Å²) in [6, 6.07) is 18.9. The van der Waals surface area contributed by atoms with Crippen LogP contribution in [0.2, 0.25) is 5.02 Å². The maximum absolute atomic E-state index is 11.0. The Morgan fingerprint density at radius 3 is 2.68 bits per heavy atom. The third-order valence-corrected chi connectivity index (χ3v) is 5.34. The quantitative estimate of drug-likeness (QED) is 0.157. The summed E-state index contributed by atoms with van der Waals surface area (Å²) in [7, 11) is 1.52. The van der Waals surface area contributed by atoms with Crippen LogP contribution < -0.4 is 9.47 Å². The Morgan fingerprint density at radius 2 is 2.00 bits per heavy atom. The summed E-state index contributed by atoms with van der Waals surface area (Å²) in [4.78, 5) is 10.5. The van der Waals surface area contributed by atoms with Crippen molar-refractivity contribution < 1.29 is 14.4 Å². The second-order valence-electron chi connectivity index (χ2n) is 6.39. The van der Waals surface area contributed by atoms with Crippen molar-refractivity contribution in [1.82, 2.24) is 0 Å². The SMILES string of the molecule is COc1cc(/C=C(\C#N)c2cccc([N+](=O)[O-])c2)cc(Br)c1OCc1ccccc1Cl. The molecule has 0 fully saturated rings. The van der Waals surface area contributed by atoms with Crippen molar-refractivity contribution >= 4 is 44.9 Å². The number of rotatable bonds is 7. The van der Waals surface area contributed by atoms with E-state index in [0.717, 1.165) is 5.56 Å².